The number of aliphatic hydroxyl groups excluding tert-OH is 3. The SMILES string of the molecule is CC(C)C(C)(C)C(CC(C)(C)N)OC(CO)C(CO)OC(CC(C)(C)N)C(C)(C)C(C)(C)C(O)C(C)(C)C. The van der Waals surface area contributed by atoms with E-state index in [-0.39, 0.29) is 30.1 Å². The third-order valence-electron chi connectivity index (χ3n) is 9.16. The van der Waals surface area contributed by atoms with E-state index in [9.17, 15) is 15.3 Å². The van der Waals surface area contributed by atoms with Crippen LogP contribution in [0.3, 0.4) is 0 Å². The van der Waals surface area contributed by atoms with Gasteiger partial charge in [-0.1, -0.05) is 76.2 Å². The van der Waals surface area contributed by atoms with E-state index in [1.807, 2.05) is 48.5 Å². The number of aliphatic hydroxyl groups is 3. The first-order valence-corrected chi connectivity index (χ1v) is 14.4. The highest BCUT2D eigenvalue weighted by molar-refractivity contribution is 5.02. The zero-order valence-electron chi connectivity index (χ0n) is 27.6. The largest absolute Gasteiger partial charge is 0.394 e. The molecule has 0 heterocycles. The lowest BCUT2D eigenvalue weighted by molar-refractivity contribution is -0.215. The molecule has 5 unspecified atom stereocenters. The van der Waals surface area contributed by atoms with Crippen LogP contribution in [0.1, 0.15) is 117 Å². The van der Waals surface area contributed by atoms with E-state index in [4.69, 9.17) is 20.9 Å². The molecule has 0 fully saturated rings. The maximum atomic E-state index is 11.4. The van der Waals surface area contributed by atoms with Crippen molar-refractivity contribution in [3.8, 4) is 0 Å². The van der Waals surface area contributed by atoms with Crippen LogP contribution < -0.4 is 11.5 Å². The molecule has 0 aromatic carbocycles. The number of hydrogen-bond donors (Lipinski definition) is 5. The topological polar surface area (TPSA) is 131 Å². The van der Waals surface area contributed by atoms with Gasteiger partial charge in [-0.2, -0.15) is 0 Å². The van der Waals surface area contributed by atoms with E-state index >= 15 is 0 Å². The summed E-state index contributed by atoms with van der Waals surface area (Å²) in [5.74, 6) is 0.298. The van der Waals surface area contributed by atoms with Crippen LogP contribution in [0.5, 0.6) is 0 Å². The van der Waals surface area contributed by atoms with Crippen molar-refractivity contribution in [3.05, 3.63) is 0 Å². The van der Waals surface area contributed by atoms with E-state index in [1.54, 1.807) is 0 Å². The molecule has 0 aliphatic heterocycles. The van der Waals surface area contributed by atoms with Crippen molar-refractivity contribution < 1.29 is 24.8 Å². The Kier molecular flexibility index (Phi) is 13.0. The summed E-state index contributed by atoms with van der Waals surface area (Å²) in [5.41, 5.74) is 10.2. The van der Waals surface area contributed by atoms with Crippen LogP contribution in [0.2, 0.25) is 0 Å². The van der Waals surface area contributed by atoms with Crippen molar-refractivity contribution in [1.82, 2.24) is 0 Å². The molecule has 0 spiro atoms. The van der Waals surface area contributed by atoms with Gasteiger partial charge in [0.05, 0.1) is 31.5 Å². The smallest absolute Gasteiger partial charge is 0.109 e. The number of hydrogen-bond acceptors (Lipinski definition) is 7. The summed E-state index contributed by atoms with van der Waals surface area (Å²) in [4.78, 5) is 0. The minimum absolute atomic E-state index is 0.235. The van der Waals surface area contributed by atoms with Crippen LogP contribution in [-0.4, -0.2) is 70.1 Å². The molecule has 0 bridgehead atoms. The first kappa shape index (κ1) is 37.7. The molecule has 230 valence electrons. The second-order valence-corrected chi connectivity index (χ2v) is 16.3. The van der Waals surface area contributed by atoms with Gasteiger partial charge >= 0.3 is 0 Å². The van der Waals surface area contributed by atoms with Crippen molar-refractivity contribution in [2.75, 3.05) is 13.2 Å². The average Bonchev–Trinajstić information content (AvgIpc) is 2.70. The second kappa shape index (κ2) is 13.1. The molecule has 7 nitrogen and oxygen atoms in total. The van der Waals surface area contributed by atoms with Crippen molar-refractivity contribution in [3.63, 3.8) is 0 Å². The van der Waals surface area contributed by atoms with Gasteiger partial charge in [0.25, 0.3) is 0 Å². The van der Waals surface area contributed by atoms with Crippen LogP contribution in [0, 0.1) is 27.6 Å². The molecule has 0 radical (unpaired) electrons. The Labute approximate surface area is 235 Å². The summed E-state index contributed by atoms with van der Waals surface area (Å²) in [7, 11) is 0. The van der Waals surface area contributed by atoms with Crippen LogP contribution in [0.25, 0.3) is 0 Å². The third-order valence-corrected chi connectivity index (χ3v) is 9.16. The molecular weight excluding hydrogens is 480 g/mol. The maximum Gasteiger partial charge on any atom is 0.109 e. The normalized spacial score (nSPS) is 18.9. The van der Waals surface area contributed by atoms with Gasteiger partial charge in [0.15, 0.2) is 0 Å². The molecule has 0 amide bonds. The van der Waals surface area contributed by atoms with Crippen molar-refractivity contribution in [1.29, 1.82) is 0 Å². The summed E-state index contributed by atoms with van der Waals surface area (Å²) in [6.07, 6.45) is -1.81. The maximum absolute atomic E-state index is 11.4. The Hall–Kier alpha value is -0.280. The fourth-order valence-corrected chi connectivity index (χ4v) is 5.06. The molecule has 7 N–H and O–H groups in total. The molecule has 0 aliphatic carbocycles. The summed E-state index contributed by atoms with van der Waals surface area (Å²) in [6.45, 7) is 30.2. The predicted molar refractivity (Wildman–Crippen MR) is 159 cm³/mol. The first-order chi connectivity index (χ1) is 16.6. The highest BCUT2D eigenvalue weighted by Gasteiger charge is 2.52. The van der Waals surface area contributed by atoms with Gasteiger partial charge in [0.2, 0.25) is 0 Å². The van der Waals surface area contributed by atoms with E-state index in [2.05, 4.69) is 55.4 Å². The standard InChI is InChI=1S/C31H66N2O5/c1-20(2)29(10,11)23(16-27(6,7)32)37-21(18-34)22(19-35)38-24(17-28(8,9)33)30(12,13)31(14,15)25(36)26(3,4)5/h20-25,34-36H,16-19,32-33H2,1-15H3. The Balaban J connectivity index is 6.45. The molecule has 38 heavy (non-hydrogen) atoms. The third kappa shape index (κ3) is 10.3. The molecule has 0 aromatic rings. The van der Waals surface area contributed by atoms with Gasteiger partial charge < -0.3 is 36.3 Å². The van der Waals surface area contributed by atoms with Crippen LogP contribution >= 0.6 is 0 Å². The first-order valence-electron chi connectivity index (χ1n) is 14.4. The van der Waals surface area contributed by atoms with Gasteiger partial charge in [-0.25, -0.2) is 0 Å². The average molecular weight is 547 g/mol. The lowest BCUT2D eigenvalue weighted by Gasteiger charge is -2.54. The molecule has 0 saturated carbocycles. The van der Waals surface area contributed by atoms with Crippen LogP contribution in [0.15, 0.2) is 0 Å². The minimum atomic E-state index is -0.791. The van der Waals surface area contributed by atoms with Crippen molar-refractivity contribution in [2.45, 2.75) is 158 Å². The summed E-state index contributed by atoms with van der Waals surface area (Å²) in [6, 6.07) is 0. The van der Waals surface area contributed by atoms with Gasteiger partial charge in [0, 0.05) is 11.1 Å². The van der Waals surface area contributed by atoms with Gasteiger partial charge in [-0.15, -0.1) is 0 Å². The Morgan fingerprint density at radius 1 is 0.605 bits per heavy atom. The molecule has 5 atom stereocenters. The number of nitrogens with two attached hydrogens (primary N) is 2. The van der Waals surface area contributed by atoms with E-state index in [1.165, 1.54) is 0 Å². The molecule has 0 aliphatic rings. The number of rotatable bonds is 16. The van der Waals surface area contributed by atoms with Crippen molar-refractivity contribution in [2.24, 2.45) is 39.0 Å². The zero-order chi connectivity index (χ0) is 30.7. The second-order valence-electron chi connectivity index (χ2n) is 16.3. The Morgan fingerprint density at radius 2 is 0.947 bits per heavy atom. The van der Waals surface area contributed by atoms with E-state index < -0.39 is 46.3 Å². The highest BCUT2D eigenvalue weighted by atomic mass is 16.6. The van der Waals surface area contributed by atoms with E-state index in [0.717, 1.165) is 0 Å². The van der Waals surface area contributed by atoms with Gasteiger partial charge in [-0.3, -0.25) is 0 Å². The zero-order valence-corrected chi connectivity index (χ0v) is 27.6. The Bertz CT molecular complexity index is 699. The summed E-state index contributed by atoms with van der Waals surface area (Å²) in [5, 5.41) is 32.4. The number of ether oxygens (including phenoxy) is 2. The fraction of sp³-hybridized carbons (Fsp3) is 1.00. The van der Waals surface area contributed by atoms with Gasteiger partial charge in [-0.05, 0) is 68.1 Å². The molecule has 0 rings (SSSR count). The quantitative estimate of drug-likeness (QED) is 0.186. The lowest BCUT2D eigenvalue weighted by Crippen LogP contribution is -2.57. The molecular formula is C31H66N2O5. The van der Waals surface area contributed by atoms with E-state index in [0.29, 0.717) is 18.8 Å². The van der Waals surface area contributed by atoms with Crippen LogP contribution in [-0.2, 0) is 9.47 Å². The monoisotopic (exact) mass is 546 g/mol. The van der Waals surface area contributed by atoms with Crippen molar-refractivity contribution >= 4 is 0 Å². The Morgan fingerprint density at radius 3 is 1.24 bits per heavy atom. The summed E-state index contributed by atoms with van der Waals surface area (Å²) < 4.78 is 13.3. The minimum Gasteiger partial charge on any atom is -0.394 e. The summed E-state index contributed by atoms with van der Waals surface area (Å²) >= 11 is 0. The molecule has 7 heteroatoms. The predicted octanol–water partition coefficient (Wildman–Crippen LogP) is 4.88. The molecule has 0 aromatic heterocycles. The molecule has 0 saturated heterocycles. The van der Waals surface area contributed by atoms with Crippen LogP contribution in [0.4, 0.5) is 0 Å². The fourth-order valence-electron chi connectivity index (χ4n) is 5.06. The highest BCUT2D eigenvalue weighted by Crippen LogP contribution is 2.51. The lowest BCUT2D eigenvalue weighted by atomic mass is 9.56. The van der Waals surface area contributed by atoms with Gasteiger partial charge in [0.1, 0.15) is 12.2 Å².